The summed E-state index contributed by atoms with van der Waals surface area (Å²) >= 11 is 1.50. The van der Waals surface area contributed by atoms with Gasteiger partial charge in [0.1, 0.15) is 4.88 Å². The first-order chi connectivity index (χ1) is 4.38. The highest BCUT2D eigenvalue weighted by molar-refractivity contribution is 7.11. The van der Waals surface area contributed by atoms with Gasteiger partial charge >= 0.3 is 0 Å². The molecule has 0 amide bonds. The number of aliphatic imine (C=N–C) groups is 1. The largest absolute Gasteiger partial charge is 0.262 e. The molecule has 0 unspecified atom stereocenters. The van der Waals surface area contributed by atoms with Gasteiger partial charge in [-0.25, -0.2) is 0 Å². The van der Waals surface area contributed by atoms with Crippen LogP contribution >= 0.6 is 11.3 Å². The summed E-state index contributed by atoms with van der Waals surface area (Å²) in [5.41, 5.74) is 0.808. The maximum Gasteiger partial charge on any atom is 0.102 e. The first-order valence-electron chi connectivity index (χ1n) is 2.39. The van der Waals surface area contributed by atoms with Gasteiger partial charge in [0.05, 0.1) is 5.69 Å². The lowest BCUT2D eigenvalue weighted by molar-refractivity contribution is 1.61. The number of thiophene rings is 1. The molecule has 1 heterocycles. The van der Waals surface area contributed by atoms with Crippen LogP contribution in [0.1, 0.15) is 4.88 Å². The zero-order chi connectivity index (χ0) is 6.69. The average molecular weight is 135 g/mol. The van der Waals surface area contributed by atoms with E-state index in [-0.39, 0.29) is 0 Å². The van der Waals surface area contributed by atoms with Crippen LogP contribution in [0.2, 0.25) is 0 Å². The van der Waals surface area contributed by atoms with Gasteiger partial charge in [-0.05, 0) is 18.2 Å². The molecule has 44 valence electrons. The van der Waals surface area contributed by atoms with Gasteiger partial charge in [-0.15, -0.1) is 17.8 Å². The third-order valence-corrected chi connectivity index (χ3v) is 1.78. The second-order valence-electron chi connectivity index (χ2n) is 1.44. The minimum atomic E-state index is 0.808. The fourth-order valence-corrected chi connectivity index (χ4v) is 1.19. The molecule has 0 spiro atoms. The van der Waals surface area contributed by atoms with E-state index in [1.54, 1.807) is 0 Å². The van der Waals surface area contributed by atoms with Crippen molar-refractivity contribution in [2.24, 2.45) is 4.99 Å². The van der Waals surface area contributed by atoms with Gasteiger partial charge in [0, 0.05) is 0 Å². The molecule has 0 atom stereocenters. The van der Waals surface area contributed by atoms with Crippen molar-refractivity contribution >= 4 is 23.7 Å². The lowest BCUT2D eigenvalue weighted by atomic mass is 10.4. The zero-order valence-corrected chi connectivity index (χ0v) is 5.61. The maximum atomic E-state index is 5.14. The van der Waals surface area contributed by atoms with Crippen molar-refractivity contribution in [1.29, 1.82) is 0 Å². The van der Waals surface area contributed by atoms with Crippen LogP contribution in [0.4, 0.5) is 5.69 Å². The molecule has 0 fully saturated rings. The van der Waals surface area contributed by atoms with E-state index in [1.165, 1.54) is 11.3 Å². The highest BCUT2D eigenvalue weighted by atomic mass is 32.1. The molecule has 1 aromatic heterocycles. The van der Waals surface area contributed by atoms with Crippen molar-refractivity contribution in [2.45, 2.75) is 0 Å². The van der Waals surface area contributed by atoms with Crippen LogP contribution in [0.15, 0.2) is 16.4 Å². The summed E-state index contributed by atoms with van der Waals surface area (Å²) in [7, 11) is 0. The quantitative estimate of drug-likeness (QED) is 0.413. The molecule has 0 aliphatic carbocycles. The monoisotopic (exact) mass is 135 g/mol. The van der Waals surface area contributed by atoms with Crippen LogP contribution in [0.5, 0.6) is 0 Å². The smallest absolute Gasteiger partial charge is 0.102 e. The number of rotatable bonds is 1. The number of terminal acetylenes is 1. The summed E-state index contributed by atoms with van der Waals surface area (Å²) in [6.07, 6.45) is 5.14. The molecule has 1 rings (SSSR count). The summed E-state index contributed by atoms with van der Waals surface area (Å²) < 4.78 is 0. The Kier molecular flexibility index (Phi) is 1.66. The van der Waals surface area contributed by atoms with E-state index in [0.29, 0.717) is 0 Å². The van der Waals surface area contributed by atoms with Crippen molar-refractivity contribution in [3.63, 3.8) is 0 Å². The molecule has 0 aromatic carbocycles. The van der Waals surface area contributed by atoms with Gasteiger partial charge in [0.15, 0.2) is 0 Å². The van der Waals surface area contributed by atoms with E-state index in [0.717, 1.165) is 10.6 Å². The fourth-order valence-electron chi connectivity index (χ4n) is 0.535. The summed E-state index contributed by atoms with van der Waals surface area (Å²) in [5, 5.41) is 1.90. The van der Waals surface area contributed by atoms with Crippen molar-refractivity contribution in [1.82, 2.24) is 0 Å². The number of nitrogens with zero attached hydrogens (tertiary/aromatic N) is 1. The Morgan fingerprint density at radius 3 is 3.00 bits per heavy atom. The molecule has 9 heavy (non-hydrogen) atoms. The van der Waals surface area contributed by atoms with Gasteiger partial charge < -0.3 is 0 Å². The van der Waals surface area contributed by atoms with Crippen LogP contribution in [-0.4, -0.2) is 6.72 Å². The van der Waals surface area contributed by atoms with Crippen LogP contribution in [0.3, 0.4) is 0 Å². The highest BCUT2D eigenvalue weighted by Gasteiger charge is 1.95. The molecular formula is C7H5NS. The molecule has 0 radical (unpaired) electrons. The molecule has 1 aromatic rings. The SMILES string of the molecule is C#Cc1sccc1N=C. The predicted molar refractivity (Wildman–Crippen MR) is 41.5 cm³/mol. The lowest BCUT2D eigenvalue weighted by Crippen LogP contribution is -1.59. The molecule has 0 aliphatic heterocycles. The minimum absolute atomic E-state index is 0.808. The van der Waals surface area contributed by atoms with Crippen LogP contribution < -0.4 is 0 Å². The van der Waals surface area contributed by atoms with E-state index >= 15 is 0 Å². The molecule has 1 nitrogen and oxygen atoms in total. The Hall–Kier alpha value is -1.07. The van der Waals surface area contributed by atoms with Crippen molar-refractivity contribution in [3.05, 3.63) is 16.3 Å². The first-order valence-corrected chi connectivity index (χ1v) is 3.27. The molecule has 0 saturated heterocycles. The Labute approximate surface area is 58.1 Å². The maximum absolute atomic E-state index is 5.14. The predicted octanol–water partition coefficient (Wildman–Crippen LogP) is 2.06. The van der Waals surface area contributed by atoms with Gasteiger partial charge in [-0.1, -0.05) is 5.92 Å². The van der Waals surface area contributed by atoms with Gasteiger partial charge in [0.2, 0.25) is 0 Å². The van der Waals surface area contributed by atoms with Crippen molar-refractivity contribution < 1.29 is 0 Å². The Bertz CT molecular complexity index is 254. The normalized spacial score (nSPS) is 8.33. The number of hydrogen-bond donors (Lipinski definition) is 0. The minimum Gasteiger partial charge on any atom is -0.262 e. The molecule has 0 saturated carbocycles. The van der Waals surface area contributed by atoms with Crippen LogP contribution in [0, 0.1) is 12.3 Å². The van der Waals surface area contributed by atoms with Crippen molar-refractivity contribution in [2.75, 3.05) is 0 Å². The average Bonchev–Trinajstić information content (AvgIpc) is 2.33. The second-order valence-corrected chi connectivity index (χ2v) is 2.35. The zero-order valence-electron chi connectivity index (χ0n) is 4.79. The molecule has 2 heteroatoms. The third kappa shape index (κ3) is 1.01. The molecular weight excluding hydrogens is 130 g/mol. The number of hydrogen-bond acceptors (Lipinski definition) is 2. The Balaban J connectivity index is 3.17. The summed E-state index contributed by atoms with van der Waals surface area (Å²) in [5.74, 6) is 2.51. The Morgan fingerprint density at radius 1 is 1.78 bits per heavy atom. The second kappa shape index (κ2) is 2.47. The summed E-state index contributed by atoms with van der Waals surface area (Å²) in [6.45, 7) is 3.37. The Morgan fingerprint density at radius 2 is 2.56 bits per heavy atom. The standard InChI is InChI=1S/C7H5NS/c1-3-7-6(8-2)4-5-9-7/h1,4-5H,2H2. The molecule has 0 aliphatic rings. The van der Waals surface area contributed by atoms with Gasteiger partial charge in [-0.3, -0.25) is 4.99 Å². The van der Waals surface area contributed by atoms with E-state index in [9.17, 15) is 0 Å². The van der Waals surface area contributed by atoms with E-state index in [2.05, 4.69) is 17.6 Å². The van der Waals surface area contributed by atoms with Gasteiger partial charge in [-0.2, -0.15) is 0 Å². The fraction of sp³-hybridized carbons (Fsp3) is 0. The summed E-state index contributed by atoms with van der Waals surface area (Å²) in [6, 6.07) is 1.85. The summed E-state index contributed by atoms with van der Waals surface area (Å²) in [4.78, 5) is 4.57. The van der Waals surface area contributed by atoms with Crippen LogP contribution in [-0.2, 0) is 0 Å². The van der Waals surface area contributed by atoms with E-state index < -0.39 is 0 Å². The van der Waals surface area contributed by atoms with E-state index in [4.69, 9.17) is 6.42 Å². The topological polar surface area (TPSA) is 12.4 Å². The van der Waals surface area contributed by atoms with Crippen LogP contribution in [0.25, 0.3) is 0 Å². The van der Waals surface area contributed by atoms with Gasteiger partial charge in [0.25, 0.3) is 0 Å². The van der Waals surface area contributed by atoms with E-state index in [1.807, 2.05) is 11.4 Å². The molecule has 0 N–H and O–H groups in total. The lowest BCUT2D eigenvalue weighted by Gasteiger charge is -1.82. The van der Waals surface area contributed by atoms with Crippen molar-refractivity contribution in [3.8, 4) is 12.3 Å². The highest BCUT2D eigenvalue weighted by Crippen LogP contribution is 2.22. The third-order valence-electron chi connectivity index (χ3n) is 0.946. The first kappa shape index (κ1) is 6.06. The molecule has 0 bridgehead atoms.